The summed E-state index contributed by atoms with van der Waals surface area (Å²) in [4.78, 5) is 21.0. The predicted molar refractivity (Wildman–Crippen MR) is 57.2 cm³/mol. The molecule has 0 aromatic heterocycles. The molecule has 0 saturated heterocycles. The van der Waals surface area contributed by atoms with Crippen LogP contribution in [0.2, 0.25) is 0 Å². The Morgan fingerprint density at radius 2 is 1.93 bits per heavy atom. The Morgan fingerprint density at radius 1 is 1.36 bits per heavy atom. The molecule has 0 atom stereocenters. The molecular formula is C9H17NO3S. The first-order valence-corrected chi connectivity index (χ1v) is 4.98. The van der Waals surface area contributed by atoms with Crippen molar-refractivity contribution >= 4 is 24.7 Å². The molecule has 0 spiro atoms. The van der Waals surface area contributed by atoms with E-state index in [1.807, 2.05) is 13.8 Å². The Balaban J connectivity index is 3.46. The normalized spacial score (nSPS) is 11.1. The molecule has 0 rings (SSSR count). The van der Waals surface area contributed by atoms with Crippen molar-refractivity contribution in [1.82, 2.24) is 0 Å². The molecule has 14 heavy (non-hydrogen) atoms. The van der Waals surface area contributed by atoms with Crippen LogP contribution in [0, 0.1) is 0 Å². The number of amides is 1. The van der Waals surface area contributed by atoms with Gasteiger partial charge in [-0.2, -0.15) is 12.6 Å². The van der Waals surface area contributed by atoms with E-state index in [0.717, 1.165) is 12.8 Å². The van der Waals surface area contributed by atoms with E-state index >= 15 is 0 Å². The van der Waals surface area contributed by atoms with Crippen molar-refractivity contribution < 1.29 is 14.3 Å². The number of hydrogen-bond acceptors (Lipinski definition) is 4. The van der Waals surface area contributed by atoms with E-state index in [0.29, 0.717) is 6.42 Å². The van der Waals surface area contributed by atoms with E-state index in [1.54, 1.807) is 0 Å². The molecular weight excluding hydrogens is 202 g/mol. The smallest absolute Gasteiger partial charge is 0.376 e. The van der Waals surface area contributed by atoms with E-state index in [1.165, 1.54) is 0 Å². The van der Waals surface area contributed by atoms with Crippen LogP contribution in [-0.2, 0) is 9.53 Å². The molecule has 0 aromatic carbocycles. The lowest BCUT2D eigenvalue weighted by Gasteiger charge is -2.16. The fourth-order valence-corrected chi connectivity index (χ4v) is 1.15. The van der Waals surface area contributed by atoms with Crippen LogP contribution in [0.25, 0.3) is 0 Å². The minimum Gasteiger partial charge on any atom is -0.376 e. The van der Waals surface area contributed by atoms with Gasteiger partial charge in [-0.05, 0) is 12.8 Å². The molecule has 0 aliphatic heterocycles. The predicted octanol–water partition coefficient (Wildman–Crippen LogP) is 1.88. The van der Waals surface area contributed by atoms with Crippen LogP contribution in [-0.4, -0.2) is 16.8 Å². The fraction of sp³-hybridized carbons (Fsp3) is 0.778. The highest BCUT2D eigenvalue weighted by Gasteiger charge is 2.11. The molecule has 0 aromatic rings. The maximum absolute atomic E-state index is 10.8. The lowest BCUT2D eigenvalue weighted by Crippen LogP contribution is -2.18. The topological polar surface area (TPSA) is 69.4 Å². The molecule has 0 fully saturated rings. The molecule has 5 heteroatoms. The molecule has 0 aliphatic rings. The zero-order valence-corrected chi connectivity index (χ0v) is 9.47. The van der Waals surface area contributed by atoms with Crippen LogP contribution in [0.4, 0.5) is 4.79 Å². The van der Waals surface area contributed by atoms with Crippen LogP contribution in [0.3, 0.4) is 0 Å². The number of primary amides is 1. The zero-order valence-electron chi connectivity index (χ0n) is 8.58. The van der Waals surface area contributed by atoms with Gasteiger partial charge in [0.15, 0.2) is 0 Å². The summed E-state index contributed by atoms with van der Waals surface area (Å²) in [6.45, 7) is 4.02. The number of rotatable bonds is 5. The number of carbonyl (C=O) groups excluding carboxylic acids is 2. The number of thiol groups is 1. The standard InChI is InChI=1S/C9H17NO3S/c1-9(2,14)6-4-3-5-7(11)13-8(10)12/h14H,3-6H2,1-2H3,(H2,10,12). The largest absolute Gasteiger partial charge is 0.412 e. The first-order valence-electron chi connectivity index (χ1n) is 4.54. The van der Waals surface area contributed by atoms with Gasteiger partial charge in [0.05, 0.1) is 0 Å². The molecule has 82 valence electrons. The van der Waals surface area contributed by atoms with E-state index in [2.05, 4.69) is 23.1 Å². The lowest BCUT2D eigenvalue weighted by atomic mass is 10.0. The summed E-state index contributed by atoms with van der Waals surface area (Å²) in [5.74, 6) is -0.561. The Morgan fingerprint density at radius 3 is 2.36 bits per heavy atom. The minimum absolute atomic E-state index is 0.0202. The summed E-state index contributed by atoms with van der Waals surface area (Å²) in [6, 6.07) is 0. The summed E-state index contributed by atoms with van der Waals surface area (Å²) >= 11 is 4.34. The van der Waals surface area contributed by atoms with Crippen molar-refractivity contribution in [3.8, 4) is 0 Å². The average Bonchev–Trinajstić information content (AvgIpc) is 1.95. The first kappa shape index (κ1) is 13.3. The second kappa shape index (κ2) is 5.90. The van der Waals surface area contributed by atoms with Crippen molar-refractivity contribution in [3.63, 3.8) is 0 Å². The van der Waals surface area contributed by atoms with E-state index in [-0.39, 0.29) is 11.2 Å². The van der Waals surface area contributed by atoms with Gasteiger partial charge < -0.3 is 10.5 Å². The highest BCUT2D eigenvalue weighted by Crippen LogP contribution is 2.20. The molecule has 0 unspecified atom stereocenters. The summed E-state index contributed by atoms with van der Waals surface area (Å²) in [5.41, 5.74) is 4.67. The summed E-state index contributed by atoms with van der Waals surface area (Å²) in [7, 11) is 0. The van der Waals surface area contributed by atoms with Gasteiger partial charge in [0.2, 0.25) is 0 Å². The van der Waals surface area contributed by atoms with Crippen molar-refractivity contribution in [2.75, 3.05) is 0 Å². The average molecular weight is 219 g/mol. The molecule has 2 N–H and O–H groups in total. The Bertz CT molecular complexity index is 211. The molecule has 0 bridgehead atoms. The molecule has 0 radical (unpaired) electrons. The number of nitrogens with two attached hydrogens (primary N) is 1. The molecule has 1 amide bonds. The van der Waals surface area contributed by atoms with Gasteiger partial charge in [0.25, 0.3) is 0 Å². The lowest BCUT2D eigenvalue weighted by molar-refractivity contribution is -0.137. The maximum Gasteiger partial charge on any atom is 0.412 e. The number of esters is 1. The highest BCUT2D eigenvalue weighted by atomic mass is 32.1. The van der Waals surface area contributed by atoms with Gasteiger partial charge >= 0.3 is 12.1 Å². The van der Waals surface area contributed by atoms with Crippen molar-refractivity contribution in [3.05, 3.63) is 0 Å². The third kappa shape index (κ3) is 9.38. The Labute approximate surface area is 89.6 Å². The molecule has 4 nitrogen and oxygen atoms in total. The van der Waals surface area contributed by atoms with Crippen LogP contribution in [0.1, 0.15) is 39.5 Å². The van der Waals surface area contributed by atoms with Crippen LogP contribution >= 0.6 is 12.6 Å². The minimum atomic E-state index is -1.04. The van der Waals surface area contributed by atoms with Gasteiger partial charge in [-0.25, -0.2) is 4.79 Å². The van der Waals surface area contributed by atoms with E-state index in [4.69, 9.17) is 0 Å². The zero-order chi connectivity index (χ0) is 11.2. The van der Waals surface area contributed by atoms with Crippen LogP contribution in [0.5, 0.6) is 0 Å². The SMILES string of the molecule is CC(C)(S)CCCCC(=O)OC(N)=O. The van der Waals surface area contributed by atoms with Crippen molar-refractivity contribution in [2.45, 2.75) is 44.3 Å². The summed E-state index contributed by atoms with van der Waals surface area (Å²) in [6.07, 6.45) is 1.68. The third-order valence-corrected chi connectivity index (χ3v) is 1.86. The van der Waals surface area contributed by atoms with Crippen molar-refractivity contribution in [1.29, 1.82) is 0 Å². The number of carbonyl (C=O) groups is 2. The maximum atomic E-state index is 10.8. The summed E-state index contributed by atoms with van der Waals surface area (Å²) < 4.78 is 4.14. The second-order valence-corrected chi connectivity index (χ2v) is 5.02. The number of unbranched alkanes of at least 4 members (excludes halogenated alkanes) is 1. The highest BCUT2D eigenvalue weighted by molar-refractivity contribution is 7.81. The molecule has 0 heterocycles. The molecule has 0 saturated carbocycles. The third-order valence-electron chi connectivity index (χ3n) is 1.63. The fourth-order valence-electron chi connectivity index (χ4n) is 0.990. The van der Waals surface area contributed by atoms with Crippen LogP contribution < -0.4 is 5.73 Å². The van der Waals surface area contributed by atoms with Gasteiger partial charge in [-0.15, -0.1) is 0 Å². The Kier molecular flexibility index (Phi) is 5.60. The van der Waals surface area contributed by atoms with Crippen LogP contribution in [0.15, 0.2) is 0 Å². The number of ether oxygens (including phenoxy) is 1. The van der Waals surface area contributed by atoms with Gasteiger partial charge in [-0.1, -0.05) is 20.3 Å². The van der Waals surface area contributed by atoms with Gasteiger partial charge in [0.1, 0.15) is 0 Å². The molecule has 0 aliphatic carbocycles. The quantitative estimate of drug-likeness (QED) is 0.321. The van der Waals surface area contributed by atoms with Gasteiger partial charge in [-0.3, -0.25) is 4.79 Å². The second-order valence-electron chi connectivity index (χ2n) is 3.81. The number of hydrogen-bond donors (Lipinski definition) is 2. The monoisotopic (exact) mass is 219 g/mol. The first-order chi connectivity index (χ1) is 6.31. The van der Waals surface area contributed by atoms with Gasteiger partial charge in [0, 0.05) is 11.2 Å². The van der Waals surface area contributed by atoms with Crippen molar-refractivity contribution in [2.24, 2.45) is 5.73 Å². The van der Waals surface area contributed by atoms with E-state index < -0.39 is 12.1 Å². The Hall–Kier alpha value is -0.710. The summed E-state index contributed by atoms with van der Waals surface area (Å²) in [5, 5.41) is 0. The van der Waals surface area contributed by atoms with E-state index in [9.17, 15) is 9.59 Å².